The van der Waals surface area contributed by atoms with Crippen molar-refractivity contribution in [1.82, 2.24) is 25.0 Å². The van der Waals surface area contributed by atoms with Crippen molar-refractivity contribution in [3.8, 4) is 5.75 Å². The molecule has 1 fully saturated rings. The lowest BCUT2D eigenvalue weighted by molar-refractivity contribution is -0.129. The third-order valence-corrected chi connectivity index (χ3v) is 6.10. The first-order valence-electron chi connectivity index (χ1n) is 11.5. The third-order valence-electron chi connectivity index (χ3n) is 6.10. The van der Waals surface area contributed by atoms with Crippen LogP contribution in [0.25, 0.3) is 11.0 Å². The Morgan fingerprint density at radius 2 is 1.89 bits per heavy atom. The summed E-state index contributed by atoms with van der Waals surface area (Å²) in [5, 5.41) is 11.5. The normalized spacial score (nSPS) is 14.4. The first-order chi connectivity index (χ1) is 16.9. The highest BCUT2D eigenvalue weighted by Crippen LogP contribution is 2.29. The number of aryl methyl sites for hydroxylation is 1. The molecule has 0 unspecified atom stereocenters. The maximum atomic E-state index is 13.2. The Morgan fingerprint density at radius 1 is 1.17 bits per heavy atom. The molecule has 0 spiro atoms. The molecule has 2 aromatic heterocycles. The Kier molecular flexibility index (Phi) is 7.42. The number of benzene rings is 1. The summed E-state index contributed by atoms with van der Waals surface area (Å²) in [7, 11) is 0. The highest BCUT2D eigenvalue weighted by molar-refractivity contribution is 6.06. The molecule has 2 N–H and O–H groups in total. The van der Waals surface area contributed by atoms with E-state index in [1.807, 2.05) is 11.8 Å². The smallest absolute Gasteiger partial charge is 0.387 e. The van der Waals surface area contributed by atoms with E-state index in [0.717, 1.165) is 23.8 Å². The average molecular weight is 487 g/mol. The molecule has 186 valence electrons. The maximum Gasteiger partial charge on any atom is 0.387 e. The second kappa shape index (κ2) is 10.7. The summed E-state index contributed by atoms with van der Waals surface area (Å²) in [6.07, 6.45) is 4.77. The number of rotatable bonds is 8. The lowest BCUT2D eigenvalue weighted by atomic mass is 10.0. The van der Waals surface area contributed by atoms with E-state index in [9.17, 15) is 18.4 Å². The Morgan fingerprint density at radius 3 is 2.51 bits per heavy atom. The summed E-state index contributed by atoms with van der Waals surface area (Å²) in [6.45, 7) is 2.81. The number of aromatic nitrogens is 3. The Bertz CT molecular complexity index is 1190. The van der Waals surface area contributed by atoms with Gasteiger partial charge in [-0.05, 0) is 37.5 Å². The van der Waals surface area contributed by atoms with Gasteiger partial charge in [0.2, 0.25) is 5.91 Å². The van der Waals surface area contributed by atoms with Crippen molar-refractivity contribution in [3.63, 3.8) is 0 Å². The molecule has 1 saturated heterocycles. The first-order valence-corrected chi connectivity index (χ1v) is 11.5. The van der Waals surface area contributed by atoms with Crippen LogP contribution in [-0.2, 0) is 17.9 Å². The molecule has 4 rings (SSSR count). The summed E-state index contributed by atoms with van der Waals surface area (Å²) in [4.78, 5) is 31.1. The Labute approximate surface area is 201 Å². The number of carbonyl (C=O) groups excluding carboxylic acids is 2. The van der Waals surface area contributed by atoms with E-state index in [2.05, 4.69) is 25.5 Å². The van der Waals surface area contributed by atoms with Gasteiger partial charge in [0.1, 0.15) is 5.75 Å². The van der Waals surface area contributed by atoms with Crippen LogP contribution in [0.1, 0.15) is 42.6 Å². The number of nitrogens with one attached hydrogen (secondary N) is 2. The molecular weight excluding hydrogens is 458 g/mol. The number of ether oxygens (including phenoxy) is 1. The summed E-state index contributed by atoms with van der Waals surface area (Å²) in [6, 6.07) is 6.19. The number of anilines is 1. The van der Waals surface area contributed by atoms with Gasteiger partial charge in [-0.3, -0.25) is 9.59 Å². The van der Waals surface area contributed by atoms with Crippen molar-refractivity contribution in [2.24, 2.45) is 0 Å². The van der Waals surface area contributed by atoms with E-state index in [-0.39, 0.29) is 30.2 Å². The molecule has 0 saturated carbocycles. The van der Waals surface area contributed by atoms with Crippen molar-refractivity contribution in [1.29, 1.82) is 0 Å². The van der Waals surface area contributed by atoms with Gasteiger partial charge in [0.15, 0.2) is 5.65 Å². The lowest BCUT2D eigenvalue weighted by Gasteiger charge is -2.32. The van der Waals surface area contributed by atoms with Crippen molar-refractivity contribution >= 4 is 28.5 Å². The standard InChI is InChI=1S/C24H28F2N6O3/c1-3-32-22-19(14-29-32)21(30-17-8-10-31(11-9-17)15(2)33)20(13-27-22)23(34)28-12-16-4-6-18(7-5-16)35-24(25)26/h4-7,13-14,17,24H,3,8-12H2,1-2H3,(H,27,30)(H,28,34). The van der Waals surface area contributed by atoms with Crippen LogP contribution in [0.2, 0.25) is 0 Å². The predicted molar refractivity (Wildman–Crippen MR) is 126 cm³/mol. The maximum absolute atomic E-state index is 13.2. The second-order valence-corrected chi connectivity index (χ2v) is 8.37. The number of carbonyl (C=O) groups is 2. The van der Waals surface area contributed by atoms with E-state index in [0.29, 0.717) is 36.5 Å². The third kappa shape index (κ3) is 5.67. The number of amides is 2. The van der Waals surface area contributed by atoms with Gasteiger partial charge in [-0.25, -0.2) is 9.67 Å². The molecule has 3 aromatic rings. The first kappa shape index (κ1) is 24.4. The topological polar surface area (TPSA) is 101 Å². The van der Waals surface area contributed by atoms with Gasteiger partial charge in [0.25, 0.3) is 5.91 Å². The largest absolute Gasteiger partial charge is 0.435 e. The average Bonchev–Trinajstić information content (AvgIpc) is 3.27. The number of halogens is 2. The number of likely N-dealkylation sites (tertiary alicyclic amines) is 1. The van der Waals surface area contributed by atoms with Gasteiger partial charge in [0, 0.05) is 45.3 Å². The monoisotopic (exact) mass is 486 g/mol. The Hall–Kier alpha value is -3.76. The van der Waals surface area contributed by atoms with E-state index >= 15 is 0 Å². The number of alkyl halides is 2. The fraction of sp³-hybridized carbons (Fsp3) is 0.417. The van der Waals surface area contributed by atoms with Gasteiger partial charge >= 0.3 is 6.61 Å². The van der Waals surface area contributed by atoms with Gasteiger partial charge in [0.05, 0.1) is 22.8 Å². The number of hydrogen-bond donors (Lipinski definition) is 2. The van der Waals surface area contributed by atoms with E-state index in [1.165, 1.54) is 18.3 Å². The molecule has 0 atom stereocenters. The molecule has 9 nitrogen and oxygen atoms in total. The van der Waals surface area contributed by atoms with Crippen LogP contribution in [-0.4, -0.2) is 57.2 Å². The van der Waals surface area contributed by atoms with Crippen molar-refractivity contribution in [2.75, 3.05) is 18.4 Å². The van der Waals surface area contributed by atoms with Gasteiger partial charge in [-0.15, -0.1) is 0 Å². The zero-order valence-electron chi connectivity index (χ0n) is 19.6. The number of piperidine rings is 1. The highest BCUT2D eigenvalue weighted by Gasteiger charge is 2.24. The molecule has 35 heavy (non-hydrogen) atoms. The molecule has 2 amide bonds. The van der Waals surface area contributed by atoms with Crippen molar-refractivity contribution in [2.45, 2.75) is 52.4 Å². The van der Waals surface area contributed by atoms with Crippen LogP contribution < -0.4 is 15.4 Å². The molecule has 0 aliphatic carbocycles. The SMILES string of the molecule is CCn1ncc2c(NC3CCN(C(C)=O)CC3)c(C(=O)NCc3ccc(OC(F)F)cc3)cnc21. The molecule has 0 bridgehead atoms. The second-order valence-electron chi connectivity index (χ2n) is 8.37. The number of hydrogen-bond acceptors (Lipinski definition) is 6. The quantitative estimate of drug-likeness (QED) is 0.506. The molecule has 1 aliphatic rings. The minimum atomic E-state index is -2.89. The van der Waals surface area contributed by atoms with Crippen LogP contribution in [0.3, 0.4) is 0 Å². The fourth-order valence-electron chi connectivity index (χ4n) is 4.19. The van der Waals surface area contributed by atoms with Gasteiger partial charge in [-0.1, -0.05) is 12.1 Å². The molecule has 3 heterocycles. The molecule has 1 aliphatic heterocycles. The zero-order valence-corrected chi connectivity index (χ0v) is 19.6. The Balaban J connectivity index is 1.52. The van der Waals surface area contributed by atoms with E-state index in [4.69, 9.17) is 0 Å². The summed E-state index contributed by atoms with van der Waals surface area (Å²) >= 11 is 0. The van der Waals surface area contributed by atoms with Crippen molar-refractivity contribution in [3.05, 3.63) is 47.8 Å². The lowest BCUT2D eigenvalue weighted by Crippen LogP contribution is -2.41. The number of nitrogens with zero attached hydrogens (tertiary/aromatic N) is 4. The molecule has 1 aromatic carbocycles. The van der Waals surface area contributed by atoms with Crippen LogP contribution >= 0.6 is 0 Å². The van der Waals surface area contributed by atoms with Crippen LogP contribution in [0, 0.1) is 0 Å². The molecule has 0 radical (unpaired) electrons. The highest BCUT2D eigenvalue weighted by atomic mass is 19.3. The van der Waals surface area contributed by atoms with Crippen LogP contribution in [0.5, 0.6) is 5.75 Å². The minimum absolute atomic E-state index is 0.0555. The predicted octanol–water partition coefficient (Wildman–Crippen LogP) is 3.41. The van der Waals surface area contributed by atoms with E-state index < -0.39 is 6.61 Å². The zero-order chi connectivity index (χ0) is 24.9. The summed E-state index contributed by atoms with van der Waals surface area (Å²) in [5.74, 6) is -0.201. The molecule has 11 heteroatoms. The van der Waals surface area contributed by atoms with Crippen LogP contribution in [0.4, 0.5) is 14.5 Å². The summed E-state index contributed by atoms with van der Waals surface area (Å²) < 4.78 is 30.8. The summed E-state index contributed by atoms with van der Waals surface area (Å²) in [5.41, 5.74) is 2.47. The minimum Gasteiger partial charge on any atom is -0.435 e. The van der Waals surface area contributed by atoms with E-state index in [1.54, 1.807) is 29.9 Å². The number of fused-ring (bicyclic) bond motifs is 1. The van der Waals surface area contributed by atoms with Gasteiger partial charge in [-0.2, -0.15) is 13.9 Å². The van der Waals surface area contributed by atoms with Gasteiger partial charge < -0.3 is 20.3 Å². The fourth-order valence-corrected chi connectivity index (χ4v) is 4.19. The number of pyridine rings is 1. The van der Waals surface area contributed by atoms with Crippen molar-refractivity contribution < 1.29 is 23.1 Å². The molecular formula is C24H28F2N6O3. The van der Waals surface area contributed by atoms with Crippen LogP contribution in [0.15, 0.2) is 36.7 Å².